The Bertz CT molecular complexity index is 598. The molecule has 2 heterocycles. The van der Waals surface area contributed by atoms with Gasteiger partial charge in [0.25, 0.3) is 0 Å². The Balaban J connectivity index is 1.58. The Labute approximate surface area is 123 Å². The van der Waals surface area contributed by atoms with Crippen LogP contribution in [-0.2, 0) is 18.9 Å². The molecule has 2 aromatic carbocycles. The first-order valence-electron chi connectivity index (χ1n) is 7.34. The van der Waals surface area contributed by atoms with Gasteiger partial charge in [-0.15, -0.1) is 0 Å². The summed E-state index contributed by atoms with van der Waals surface area (Å²) in [5.41, 5.74) is 1.06. The Morgan fingerprint density at radius 1 is 0.905 bits per heavy atom. The minimum atomic E-state index is -0.371. The maximum Gasteiger partial charge on any atom is 0.184 e. The van der Waals surface area contributed by atoms with Gasteiger partial charge in [0.1, 0.15) is 12.2 Å². The van der Waals surface area contributed by atoms with Crippen LogP contribution in [0.2, 0.25) is 0 Å². The Kier molecular flexibility index (Phi) is 3.61. The fraction of sp³-hybridized carbons (Fsp3) is 0.412. The third-order valence-corrected chi connectivity index (χ3v) is 3.75. The van der Waals surface area contributed by atoms with E-state index in [-0.39, 0.29) is 18.5 Å². The Hall–Kier alpha value is -1.46. The predicted octanol–water partition coefficient (Wildman–Crippen LogP) is 2.67. The number of benzene rings is 2. The van der Waals surface area contributed by atoms with E-state index in [0.29, 0.717) is 13.2 Å². The van der Waals surface area contributed by atoms with E-state index in [9.17, 15) is 0 Å². The van der Waals surface area contributed by atoms with Crippen LogP contribution < -0.4 is 0 Å². The van der Waals surface area contributed by atoms with Crippen molar-refractivity contribution >= 4 is 10.8 Å². The van der Waals surface area contributed by atoms with Crippen molar-refractivity contribution in [1.82, 2.24) is 0 Å². The molecular formula is C17H18O4. The van der Waals surface area contributed by atoms with Gasteiger partial charge >= 0.3 is 0 Å². The Morgan fingerprint density at radius 2 is 1.52 bits per heavy atom. The zero-order valence-electron chi connectivity index (χ0n) is 11.7. The summed E-state index contributed by atoms with van der Waals surface area (Å²) in [6.45, 7) is 2.71. The first-order valence-corrected chi connectivity index (χ1v) is 7.34. The monoisotopic (exact) mass is 286 g/mol. The van der Waals surface area contributed by atoms with Crippen molar-refractivity contribution in [1.29, 1.82) is 0 Å². The third-order valence-electron chi connectivity index (χ3n) is 3.75. The maximum absolute atomic E-state index is 5.94. The van der Waals surface area contributed by atoms with Gasteiger partial charge in [0.05, 0.1) is 26.4 Å². The Morgan fingerprint density at radius 3 is 2.19 bits per heavy atom. The molecule has 21 heavy (non-hydrogen) atoms. The van der Waals surface area contributed by atoms with E-state index in [1.807, 2.05) is 18.2 Å². The summed E-state index contributed by atoms with van der Waals surface area (Å²) in [6, 6.07) is 14.5. The molecule has 2 aliphatic rings. The van der Waals surface area contributed by atoms with Gasteiger partial charge in [-0.3, -0.25) is 0 Å². The average Bonchev–Trinajstić information content (AvgIpc) is 3.41. The topological polar surface area (TPSA) is 43.5 Å². The summed E-state index contributed by atoms with van der Waals surface area (Å²) in [4.78, 5) is 0. The summed E-state index contributed by atoms with van der Waals surface area (Å²) < 4.78 is 22.3. The number of hydrogen-bond acceptors (Lipinski definition) is 4. The second-order valence-corrected chi connectivity index (χ2v) is 5.48. The van der Waals surface area contributed by atoms with Crippen LogP contribution in [0.3, 0.4) is 0 Å². The van der Waals surface area contributed by atoms with Crippen molar-refractivity contribution in [2.45, 2.75) is 18.5 Å². The van der Waals surface area contributed by atoms with E-state index in [1.165, 1.54) is 10.8 Å². The number of ether oxygens (including phenoxy) is 4. The van der Waals surface area contributed by atoms with Gasteiger partial charge in [0.15, 0.2) is 6.29 Å². The average molecular weight is 286 g/mol. The van der Waals surface area contributed by atoms with Crippen LogP contribution in [0.4, 0.5) is 0 Å². The summed E-state index contributed by atoms with van der Waals surface area (Å²) in [7, 11) is 0. The van der Waals surface area contributed by atoms with Crippen LogP contribution in [-0.4, -0.2) is 38.6 Å². The lowest BCUT2D eigenvalue weighted by Crippen LogP contribution is -2.15. The van der Waals surface area contributed by atoms with Crippen molar-refractivity contribution < 1.29 is 18.9 Å². The smallest absolute Gasteiger partial charge is 0.184 e. The van der Waals surface area contributed by atoms with Gasteiger partial charge in [0.2, 0.25) is 0 Å². The molecule has 0 radical (unpaired) electrons. The predicted molar refractivity (Wildman–Crippen MR) is 78.1 cm³/mol. The highest BCUT2D eigenvalue weighted by Gasteiger charge is 2.28. The molecular weight excluding hydrogens is 268 g/mol. The minimum absolute atomic E-state index is 0.225. The molecule has 0 aliphatic carbocycles. The van der Waals surface area contributed by atoms with Crippen LogP contribution >= 0.6 is 0 Å². The molecule has 110 valence electrons. The third kappa shape index (κ3) is 3.24. The first-order chi connectivity index (χ1) is 10.4. The number of rotatable bonds is 7. The van der Waals surface area contributed by atoms with Crippen molar-refractivity contribution in [2.75, 3.05) is 26.4 Å². The first kappa shape index (κ1) is 13.2. The molecule has 2 fully saturated rings. The maximum atomic E-state index is 5.94. The molecule has 0 amide bonds. The number of fused-ring (bicyclic) bond motifs is 1. The van der Waals surface area contributed by atoms with E-state index < -0.39 is 0 Å². The quantitative estimate of drug-likeness (QED) is 0.580. The molecule has 4 rings (SSSR count). The van der Waals surface area contributed by atoms with Crippen molar-refractivity contribution in [3.05, 3.63) is 48.0 Å². The van der Waals surface area contributed by atoms with Gasteiger partial charge in [-0.2, -0.15) is 0 Å². The van der Waals surface area contributed by atoms with Crippen molar-refractivity contribution in [2.24, 2.45) is 0 Å². The number of epoxide rings is 2. The second-order valence-electron chi connectivity index (χ2n) is 5.48. The molecule has 0 spiro atoms. The molecule has 0 N–H and O–H groups in total. The lowest BCUT2D eigenvalue weighted by atomic mass is 10.0. The molecule has 2 unspecified atom stereocenters. The molecule has 0 bridgehead atoms. The molecule has 0 aromatic heterocycles. The lowest BCUT2D eigenvalue weighted by Gasteiger charge is -2.20. The van der Waals surface area contributed by atoms with Gasteiger partial charge < -0.3 is 18.9 Å². The summed E-state index contributed by atoms with van der Waals surface area (Å²) in [5.74, 6) is 0. The molecule has 0 saturated carbocycles. The van der Waals surface area contributed by atoms with Gasteiger partial charge in [-0.25, -0.2) is 0 Å². The van der Waals surface area contributed by atoms with Crippen LogP contribution in [0.25, 0.3) is 10.8 Å². The van der Waals surface area contributed by atoms with Gasteiger partial charge in [-0.05, 0) is 10.8 Å². The van der Waals surface area contributed by atoms with Crippen LogP contribution in [0, 0.1) is 0 Å². The SMILES string of the molecule is c1ccc2c(C(OCC3CO3)OCC3CO3)cccc2c1. The van der Waals surface area contributed by atoms with E-state index in [0.717, 1.165) is 18.8 Å². The second kappa shape index (κ2) is 5.73. The minimum Gasteiger partial charge on any atom is -0.371 e. The fourth-order valence-electron chi connectivity index (χ4n) is 2.40. The van der Waals surface area contributed by atoms with Crippen molar-refractivity contribution in [3.63, 3.8) is 0 Å². The number of hydrogen-bond donors (Lipinski definition) is 0. The molecule has 2 aromatic rings. The largest absolute Gasteiger partial charge is 0.371 e. The fourth-order valence-corrected chi connectivity index (χ4v) is 2.40. The van der Waals surface area contributed by atoms with Crippen LogP contribution in [0.1, 0.15) is 11.9 Å². The standard InChI is InChI=1S/C17H18O4/c1-2-6-15-12(4-1)5-3-7-16(15)17(20-10-13-8-18-13)21-11-14-9-19-14/h1-7,13-14,17H,8-11H2. The molecule has 2 saturated heterocycles. The van der Waals surface area contributed by atoms with Gasteiger partial charge in [0, 0.05) is 5.56 Å². The van der Waals surface area contributed by atoms with Crippen molar-refractivity contribution in [3.8, 4) is 0 Å². The van der Waals surface area contributed by atoms with Crippen LogP contribution in [0.15, 0.2) is 42.5 Å². The van der Waals surface area contributed by atoms with E-state index >= 15 is 0 Å². The van der Waals surface area contributed by atoms with E-state index in [1.54, 1.807) is 0 Å². The normalized spacial score (nSPS) is 25.0. The zero-order valence-corrected chi connectivity index (χ0v) is 11.7. The summed E-state index contributed by atoms with van der Waals surface area (Å²) in [6.07, 6.45) is 0.0796. The van der Waals surface area contributed by atoms with E-state index in [4.69, 9.17) is 18.9 Å². The summed E-state index contributed by atoms with van der Waals surface area (Å²) in [5, 5.41) is 2.36. The van der Waals surface area contributed by atoms with Crippen LogP contribution in [0.5, 0.6) is 0 Å². The highest BCUT2D eigenvalue weighted by Crippen LogP contribution is 2.29. The van der Waals surface area contributed by atoms with E-state index in [2.05, 4.69) is 24.3 Å². The molecule has 2 atom stereocenters. The lowest BCUT2D eigenvalue weighted by molar-refractivity contribution is -0.151. The highest BCUT2D eigenvalue weighted by molar-refractivity contribution is 5.85. The molecule has 4 heteroatoms. The zero-order chi connectivity index (χ0) is 14.1. The van der Waals surface area contributed by atoms with Gasteiger partial charge in [-0.1, -0.05) is 42.5 Å². The summed E-state index contributed by atoms with van der Waals surface area (Å²) >= 11 is 0. The molecule has 2 aliphatic heterocycles. The highest BCUT2D eigenvalue weighted by atomic mass is 16.7. The molecule has 4 nitrogen and oxygen atoms in total.